The Morgan fingerprint density at radius 3 is 2.27 bits per heavy atom. The predicted octanol–water partition coefficient (Wildman–Crippen LogP) is 4.00. The summed E-state index contributed by atoms with van der Waals surface area (Å²) in [4.78, 5) is 15.4. The van der Waals surface area contributed by atoms with E-state index in [1.165, 1.54) is 27.1 Å². The first-order chi connectivity index (χ1) is 12.8. The Balaban J connectivity index is 1.50. The molecule has 0 N–H and O–H groups in total. The van der Waals surface area contributed by atoms with Crippen LogP contribution in [0.5, 0.6) is 5.75 Å². The molecule has 4 heteroatoms. The molecule has 0 radical (unpaired) electrons. The molecule has 8 rings (SSSR count). The molecule has 1 saturated heterocycles. The van der Waals surface area contributed by atoms with Crippen molar-refractivity contribution >= 4 is 17.7 Å². The summed E-state index contributed by atoms with van der Waals surface area (Å²) in [7, 11) is 0. The number of thioether (sulfide) groups is 1. The number of benzene rings is 2. The Morgan fingerprint density at radius 2 is 1.58 bits per heavy atom. The number of carbonyl (C=O) groups is 1. The maximum absolute atomic E-state index is 12.2. The maximum atomic E-state index is 12.2. The summed E-state index contributed by atoms with van der Waals surface area (Å²) >= 11 is 1.88. The van der Waals surface area contributed by atoms with Gasteiger partial charge in [-0.25, -0.2) is 0 Å². The van der Waals surface area contributed by atoms with Crippen LogP contribution in [0.4, 0.5) is 0 Å². The highest BCUT2D eigenvalue weighted by Gasteiger charge is 2.34. The number of nitrogens with zero attached hydrogens (tertiary/aromatic N) is 1. The highest BCUT2D eigenvalue weighted by atomic mass is 32.2. The van der Waals surface area contributed by atoms with Crippen molar-refractivity contribution in [3.63, 3.8) is 0 Å². The molecule has 2 aromatic carbocycles. The largest absolute Gasteiger partial charge is 0.468 e. The smallest absolute Gasteiger partial charge is 0.225 e. The third kappa shape index (κ3) is 2.90. The van der Waals surface area contributed by atoms with Crippen molar-refractivity contribution in [3.8, 4) is 5.75 Å². The lowest BCUT2D eigenvalue weighted by atomic mass is 9.96. The zero-order valence-corrected chi connectivity index (χ0v) is 15.7. The number of ether oxygens (including phenoxy) is 1. The number of carbonyl (C=O) groups excluding carboxylic acids is 1. The van der Waals surface area contributed by atoms with E-state index < -0.39 is 0 Å². The summed E-state index contributed by atoms with van der Waals surface area (Å²) in [5.41, 5.74) is 5.43. The Kier molecular flexibility index (Phi) is 4.16. The molecule has 1 unspecified atom stereocenters. The summed E-state index contributed by atoms with van der Waals surface area (Å²) in [6.45, 7) is 0.834. The first kappa shape index (κ1) is 16.2. The number of hydrogen-bond acceptors (Lipinski definition) is 3. The van der Waals surface area contributed by atoms with Gasteiger partial charge in [0.15, 0.2) is 6.23 Å². The first-order valence-corrected chi connectivity index (χ1v) is 10.6. The van der Waals surface area contributed by atoms with Crippen LogP contribution in [0.3, 0.4) is 0 Å². The van der Waals surface area contributed by atoms with Crippen LogP contribution in [0.1, 0.15) is 35.1 Å². The lowest BCUT2D eigenvalue weighted by Crippen LogP contribution is -2.43. The number of aryl methyl sites for hydroxylation is 4. The molecule has 26 heavy (non-hydrogen) atoms. The monoisotopic (exact) mass is 365 g/mol. The predicted molar refractivity (Wildman–Crippen MR) is 104 cm³/mol. The van der Waals surface area contributed by atoms with Gasteiger partial charge in [0.25, 0.3) is 0 Å². The van der Waals surface area contributed by atoms with Gasteiger partial charge in [0.05, 0.1) is 10.6 Å². The van der Waals surface area contributed by atoms with Crippen LogP contribution in [-0.4, -0.2) is 29.3 Å². The molecule has 4 bridgehead atoms. The lowest BCUT2D eigenvalue weighted by Gasteiger charge is -2.34. The second-order valence-electron chi connectivity index (χ2n) is 7.43. The van der Waals surface area contributed by atoms with Gasteiger partial charge in [-0.3, -0.25) is 4.79 Å². The third-order valence-electron chi connectivity index (χ3n) is 5.75. The van der Waals surface area contributed by atoms with Crippen LogP contribution in [-0.2, 0) is 30.5 Å². The highest BCUT2D eigenvalue weighted by molar-refractivity contribution is 7.99. The molecule has 3 nitrogen and oxygen atoms in total. The average molecular weight is 365 g/mol. The minimum absolute atomic E-state index is 0.109. The Bertz CT molecular complexity index is 846. The minimum Gasteiger partial charge on any atom is -0.468 e. The van der Waals surface area contributed by atoms with Crippen molar-refractivity contribution in [3.05, 3.63) is 58.7 Å². The van der Waals surface area contributed by atoms with Gasteiger partial charge in [-0.05, 0) is 54.4 Å². The Labute approximate surface area is 158 Å². The van der Waals surface area contributed by atoms with E-state index in [1.54, 1.807) is 0 Å². The van der Waals surface area contributed by atoms with Crippen molar-refractivity contribution < 1.29 is 9.53 Å². The van der Waals surface area contributed by atoms with Crippen LogP contribution < -0.4 is 4.74 Å². The number of hydrogen-bond donors (Lipinski definition) is 0. The molecule has 0 aromatic heterocycles. The van der Waals surface area contributed by atoms with Crippen LogP contribution in [0.15, 0.2) is 41.3 Å². The van der Waals surface area contributed by atoms with Gasteiger partial charge >= 0.3 is 0 Å². The Morgan fingerprint density at radius 1 is 0.885 bits per heavy atom. The van der Waals surface area contributed by atoms with E-state index in [4.69, 9.17) is 4.74 Å². The average Bonchev–Trinajstić information content (AvgIpc) is 3.09. The van der Waals surface area contributed by atoms with Gasteiger partial charge in [-0.1, -0.05) is 36.4 Å². The van der Waals surface area contributed by atoms with E-state index in [2.05, 4.69) is 36.4 Å². The standard InChI is InChI=1S/C22H23NO2S/c24-19-2-1-13-23(19)20-14-26-22-18-10-8-16-5-3-15(4-6-16)7-9-17(11-12-18)21(22)25-20/h3-6,11-12,20H,1-2,7-10,13-14H2. The van der Waals surface area contributed by atoms with E-state index in [9.17, 15) is 4.79 Å². The SMILES string of the molecule is O=C1CCCN1C1CSc2c3ccc(c2O1)CCc1ccc(cc1)CC3. The normalized spacial score (nSPS) is 21.9. The molecule has 2 heterocycles. The van der Waals surface area contributed by atoms with E-state index in [-0.39, 0.29) is 12.1 Å². The highest BCUT2D eigenvalue weighted by Crippen LogP contribution is 2.43. The summed E-state index contributed by atoms with van der Waals surface area (Å²) in [6, 6.07) is 13.6. The Hall–Kier alpha value is -1.94. The topological polar surface area (TPSA) is 29.5 Å². The minimum atomic E-state index is -0.109. The second kappa shape index (κ2) is 6.66. The van der Waals surface area contributed by atoms with Crippen LogP contribution >= 0.6 is 11.8 Å². The zero-order valence-electron chi connectivity index (χ0n) is 14.9. The fourth-order valence-electron chi connectivity index (χ4n) is 4.21. The molecule has 2 aliphatic heterocycles. The lowest BCUT2D eigenvalue weighted by molar-refractivity contribution is -0.134. The molecule has 1 atom stereocenters. The van der Waals surface area contributed by atoms with Crippen molar-refractivity contribution in [1.82, 2.24) is 4.90 Å². The number of amides is 1. The van der Waals surface area contributed by atoms with Gasteiger partial charge in [0, 0.05) is 13.0 Å². The summed E-state index contributed by atoms with van der Waals surface area (Å²) in [6.07, 6.45) is 5.60. The summed E-state index contributed by atoms with van der Waals surface area (Å²) in [5.74, 6) is 2.12. The van der Waals surface area contributed by atoms with Gasteiger partial charge in [-0.2, -0.15) is 0 Å². The third-order valence-corrected chi connectivity index (χ3v) is 6.93. The molecule has 4 aliphatic carbocycles. The summed E-state index contributed by atoms with van der Waals surface area (Å²) in [5, 5.41) is 0. The zero-order chi connectivity index (χ0) is 17.5. The number of likely N-dealkylation sites (tertiary alicyclic amines) is 1. The number of rotatable bonds is 1. The quantitative estimate of drug-likeness (QED) is 0.765. The van der Waals surface area contributed by atoms with Crippen molar-refractivity contribution in [1.29, 1.82) is 0 Å². The molecule has 0 spiro atoms. The van der Waals surface area contributed by atoms with Crippen LogP contribution in [0, 0.1) is 0 Å². The maximum Gasteiger partial charge on any atom is 0.225 e. The van der Waals surface area contributed by atoms with Crippen LogP contribution in [0.25, 0.3) is 0 Å². The van der Waals surface area contributed by atoms with Crippen LogP contribution in [0.2, 0.25) is 0 Å². The molecule has 1 fully saturated rings. The first-order valence-electron chi connectivity index (χ1n) is 9.59. The molecular weight excluding hydrogens is 342 g/mol. The van der Waals surface area contributed by atoms with Gasteiger partial charge < -0.3 is 9.64 Å². The van der Waals surface area contributed by atoms with Crippen molar-refractivity contribution in [2.45, 2.75) is 49.6 Å². The van der Waals surface area contributed by atoms with Crippen molar-refractivity contribution in [2.24, 2.45) is 0 Å². The van der Waals surface area contributed by atoms with Gasteiger partial charge in [0.1, 0.15) is 5.75 Å². The molecular formula is C22H23NO2S. The van der Waals surface area contributed by atoms with Gasteiger partial charge in [-0.15, -0.1) is 11.8 Å². The van der Waals surface area contributed by atoms with E-state index in [0.717, 1.165) is 50.2 Å². The molecule has 2 aromatic rings. The molecule has 6 aliphatic rings. The van der Waals surface area contributed by atoms with E-state index >= 15 is 0 Å². The fraction of sp³-hybridized carbons (Fsp3) is 0.409. The molecule has 0 saturated carbocycles. The van der Waals surface area contributed by atoms with Crippen molar-refractivity contribution in [2.75, 3.05) is 12.3 Å². The summed E-state index contributed by atoms with van der Waals surface area (Å²) < 4.78 is 6.47. The molecule has 1 amide bonds. The fourth-order valence-corrected chi connectivity index (χ4v) is 5.43. The molecule has 134 valence electrons. The second-order valence-corrected chi connectivity index (χ2v) is 8.46. The van der Waals surface area contributed by atoms with E-state index in [0.29, 0.717) is 6.42 Å². The van der Waals surface area contributed by atoms with E-state index in [1.807, 2.05) is 16.7 Å². The van der Waals surface area contributed by atoms with Gasteiger partial charge in [0.2, 0.25) is 5.91 Å².